The monoisotopic (exact) mass is 433 g/mol. The number of para-hydroxylation sites is 1. The van der Waals surface area contributed by atoms with Crippen LogP contribution in [0.4, 0.5) is 5.13 Å². The molecule has 0 saturated carbocycles. The van der Waals surface area contributed by atoms with E-state index in [-0.39, 0.29) is 12.5 Å². The highest BCUT2D eigenvalue weighted by Gasteiger charge is 2.22. The van der Waals surface area contributed by atoms with Crippen LogP contribution in [0.2, 0.25) is 0 Å². The Kier molecular flexibility index (Phi) is 6.43. The largest absolute Gasteiger partial charge is 0.492 e. The van der Waals surface area contributed by atoms with Crippen molar-refractivity contribution < 1.29 is 14.3 Å². The van der Waals surface area contributed by atoms with E-state index in [1.165, 1.54) is 11.3 Å². The summed E-state index contributed by atoms with van der Waals surface area (Å²) >= 11 is 1.45. The predicted molar refractivity (Wildman–Crippen MR) is 123 cm³/mol. The highest BCUT2D eigenvalue weighted by atomic mass is 32.1. The lowest BCUT2D eigenvalue weighted by atomic mass is 10.2. The zero-order chi connectivity index (χ0) is 21.6. The third-order valence-electron chi connectivity index (χ3n) is 4.60. The van der Waals surface area contributed by atoms with Gasteiger partial charge >= 0.3 is 0 Å². The standard InChI is InChI=1S/C24H23N3O3S/c1-3-29-20-11-7-12-21-23(20)26-24(31-21)27(15-18-9-4-5-13-25-18)22(28)16-30-19-10-6-8-17(2)14-19/h4-14H,3,15-16H2,1-2H3. The molecule has 2 aromatic heterocycles. The van der Waals surface area contributed by atoms with E-state index in [4.69, 9.17) is 14.5 Å². The Bertz CT molecular complexity index is 1180. The summed E-state index contributed by atoms with van der Waals surface area (Å²) in [5, 5.41) is 0.589. The average molecular weight is 434 g/mol. The van der Waals surface area contributed by atoms with Crippen LogP contribution in [0.3, 0.4) is 0 Å². The van der Waals surface area contributed by atoms with Gasteiger partial charge in [0.15, 0.2) is 11.7 Å². The fraction of sp³-hybridized carbons (Fsp3) is 0.208. The fourth-order valence-corrected chi connectivity index (χ4v) is 4.14. The minimum Gasteiger partial charge on any atom is -0.492 e. The SMILES string of the molecule is CCOc1cccc2sc(N(Cc3ccccn3)C(=O)COc3cccc(C)c3)nc12. The molecule has 7 heteroatoms. The molecule has 2 aromatic carbocycles. The molecule has 0 N–H and O–H groups in total. The zero-order valence-electron chi connectivity index (χ0n) is 17.4. The van der Waals surface area contributed by atoms with E-state index in [1.54, 1.807) is 11.1 Å². The summed E-state index contributed by atoms with van der Waals surface area (Å²) < 4.78 is 12.4. The molecule has 1 amide bonds. The molecule has 31 heavy (non-hydrogen) atoms. The molecule has 158 valence electrons. The molecule has 0 atom stereocenters. The van der Waals surface area contributed by atoms with Crippen LogP contribution in [0.25, 0.3) is 10.2 Å². The van der Waals surface area contributed by atoms with Crippen molar-refractivity contribution in [3.63, 3.8) is 0 Å². The summed E-state index contributed by atoms with van der Waals surface area (Å²) in [6, 6.07) is 19.1. The summed E-state index contributed by atoms with van der Waals surface area (Å²) in [4.78, 5) is 23.9. The van der Waals surface area contributed by atoms with Crippen molar-refractivity contribution in [2.24, 2.45) is 0 Å². The molecule has 0 aliphatic carbocycles. The number of carbonyl (C=O) groups excluding carboxylic acids is 1. The summed E-state index contributed by atoms with van der Waals surface area (Å²) in [6.07, 6.45) is 1.72. The van der Waals surface area contributed by atoms with E-state index in [0.717, 1.165) is 21.5 Å². The van der Waals surface area contributed by atoms with Crippen LogP contribution in [-0.4, -0.2) is 29.1 Å². The van der Waals surface area contributed by atoms with Gasteiger partial charge in [0.25, 0.3) is 5.91 Å². The number of aromatic nitrogens is 2. The molecule has 0 unspecified atom stereocenters. The molecule has 4 aromatic rings. The molecular formula is C24H23N3O3S. The number of hydrogen-bond donors (Lipinski definition) is 0. The Labute approximate surface area is 185 Å². The quantitative estimate of drug-likeness (QED) is 0.391. The third kappa shape index (κ3) is 5.00. The van der Waals surface area contributed by atoms with Gasteiger partial charge < -0.3 is 9.47 Å². The van der Waals surface area contributed by atoms with Crippen molar-refractivity contribution in [1.29, 1.82) is 0 Å². The van der Waals surface area contributed by atoms with Crippen molar-refractivity contribution in [2.45, 2.75) is 20.4 Å². The van der Waals surface area contributed by atoms with Gasteiger partial charge in [0, 0.05) is 6.20 Å². The maximum absolute atomic E-state index is 13.2. The van der Waals surface area contributed by atoms with Crippen LogP contribution in [0.15, 0.2) is 66.9 Å². The zero-order valence-corrected chi connectivity index (χ0v) is 18.3. The van der Waals surface area contributed by atoms with E-state index >= 15 is 0 Å². The number of aryl methyl sites for hydroxylation is 1. The van der Waals surface area contributed by atoms with Crippen molar-refractivity contribution >= 4 is 32.6 Å². The van der Waals surface area contributed by atoms with Gasteiger partial charge in [-0.3, -0.25) is 14.7 Å². The molecule has 4 rings (SSSR count). The molecule has 0 radical (unpaired) electrons. The average Bonchev–Trinajstić information content (AvgIpc) is 3.22. The minimum absolute atomic E-state index is 0.0927. The van der Waals surface area contributed by atoms with Crippen molar-refractivity contribution in [1.82, 2.24) is 9.97 Å². The van der Waals surface area contributed by atoms with Gasteiger partial charge in [0.2, 0.25) is 0 Å². The molecule has 0 spiro atoms. The molecule has 2 heterocycles. The molecule has 0 aliphatic rings. The number of thiazole rings is 1. The Morgan fingerprint density at radius 2 is 1.94 bits per heavy atom. The van der Waals surface area contributed by atoms with Gasteiger partial charge in [0.05, 0.1) is 23.5 Å². The van der Waals surface area contributed by atoms with Gasteiger partial charge in [-0.05, 0) is 55.8 Å². The molecular weight excluding hydrogens is 410 g/mol. The second kappa shape index (κ2) is 9.57. The number of carbonyl (C=O) groups is 1. The predicted octanol–water partition coefficient (Wildman–Crippen LogP) is 5.01. The number of ether oxygens (including phenoxy) is 2. The van der Waals surface area contributed by atoms with Crippen LogP contribution in [-0.2, 0) is 11.3 Å². The van der Waals surface area contributed by atoms with Crippen molar-refractivity contribution in [3.05, 3.63) is 78.1 Å². The second-order valence-electron chi connectivity index (χ2n) is 6.94. The maximum Gasteiger partial charge on any atom is 0.267 e. The molecule has 0 aliphatic heterocycles. The molecule has 0 bridgehead atoms. The maximum atomic E-state index is 13.2. The van der Waals surface area contributed by atoms with Crippen LogP contribution in [0, 0.1) is 6.92 Å². The van der Waals surface area contributed by atoms with Gasteiger partial charge in [-0.1, -0.05) is 35.6 Å². The molecule has 6 nitrogen and oxygen atoms in total. The summed E-state index contributed by atoms with van der Waals surface area (Å²) in [5.41, 5.74) is 2.60. The summed E-state index contributed by atoms with van der Waals surface area (Å²) in [7, 11) is 0. The van der Waals surface area contributed by atoms with E-state index in [1.807, 2.05) is 74.5 Å². The lowest BCUT2D eigenvalue weighted by molar-refractivity contribution is -0.120. The number of anilines is 1. The van der Waals surface area contributed by atoms with E-state index < -0.39 is 0 Å². The smallest absolute Gasteiger partial charge is 0.267 e. The Morgan fingerprint density at radius 3 is 2.71 bits per heavy atom. The van der Waals surface area contributed by atoms with Gasteiger partial charge in [-0.15, -0.1) is 0 Å². The lowest BCUT2D eigenvalue weighted by Gasteiger charge is -2.19. The van der Waals surface area contributed by atoms with Crippen molar-refractivity contribution in [3.8, 4) is 11.5 Å². The summed E-state index contributed by atoms with van der Waals surface area (Å²) in [5.74, 6) is 1.18. The van der Waals surface area contributed by atoms with Crippen molar-refractivity contribution in [2.75, 3.05) is 18.1 Å². The van der Waals surface area contributed by atoms with Crippen LogP contribution < -0.4 is 14.4 Å². The Hall–Kier alpha value is -3.45. The number of benzene rings is 2. The molecule has 0 fully saturated rings. The number of pyridine rings is 1. The number of amides is 1. The number of nitrogens with zero attached hydrogens (tertiary/aromatic N) is 3. The number of fused-ring (bicyclic) bond motifs is 1. The first-order valence-electron chi connectivity index (χ1n) is 10.1. The lowest BCUT2D eigenvalue weighted by Crippen LogP contribution is -2.34. The van der Waals surface area contributed by atoms with E-state index in [9.17, 15) is 4.79 Å². The first-order valence-corrected chi connectivity index (χ1v) is 10.9. The first-order chi connectivity index (χ1) is 15.1. The normalized spacial score (nSPS) is 10.8. The highest BCUT2D eigenvalue weighted by Crippen LogP contribution is 2.34. The van der Waals surface area contributed by atoms with E-state index in [2.05, 4.69) is 4.98 Å². The van der Waals surface area contributed by atoms with E-state index in [0.29, 0.717) is 29.8 Å². The Balaban J connectivity index is 1.63. The highest BCUT2D eigenvalue weighted by molar-refractivity contribution is 7.22. The topological polar surface area (TPSA) is 64.5 Å². The second-order valence-corrected chi connectivity index (χ2v) is 7.95. The fourth-order valence-electron chi connectivity index (χ4n) is 3.14. The van der Waals surface area contributed by atoms with Crippen LogP contribution in [0.1, 0.15) is 18.2 Å². The van der Waals surface area contributed by atoms with Gasteiger partial charge in [-0.25, -0.2) is 4.98 Å². The van der Waals surface area contributed by atoms with Gasteiger partial charge in [-0.2, -0.15) is 0 Å². The number of rotatable bonds is 8. The minimum atomic E-state index is -0.191. The van der Waals surface area contributed by atoms with Gasteiger partial charge in [0.1, 0.15) is 17.0 Å². The Morgan fingerprint density at radius 1 is 1.06 bits per heavy atom. The summed E-state index contributed by atoms with van der Waals surface area (Å²) in [6.45, 7) is 4.68. The van der Waals surface area contributed by atoms with Crippen LogP contribution >= 0.6 is 11.3 Å². The number of hydrogen-bond acceptors (Lipinski definition) is 6. The first kappa shape index (κ1) is 20.8. The molecule has 0 saturated heterocycles. The van der Waals surface area contributed by atoms with Crippen LogP contribution in [0.5, 0.6) is 11.5 Å². The third-order valence-corrected chi connectivity index (χ3v) is 5.64.